The summed E-state index contributed by atoms with van der Waals surface area (Å²) in [6.07, 6.45) is 2.17. The van der Waals surface area contributed by atoms with Crippen LogP contribution in [0.25, 0.3) is 21.6 Å². The highest BCUT2D eigenvalue weighted by Crippen LogP contribution is 2.44. The van der Waals surface area contributed by atoms with E-state index in [0.717, 1.165) is 57.8 Å². The number of likely N-dealkylation sites (tertiary alicyclic amines) is 1. The van der Waals surface area contributed by atoms with Crippen molar-refractivity contribution < 1.29 is 52.1 Å². The number of amides is 6. The molecule has 80 heavy (non-hydrogen) atoms. The fourth-order valence-corrected chi connectivity index (χ4v) is 12.1. The second kappa shape index (κ2) is 25.7. The molecule has 21 nitrogen and oxygen atoms in total. The minimum atomic E-state index is -2.81. The second-order valence-corrected chi connectivity index (χ2v) is 22.6. The van der Waals surface area contributed by atoms with Crippen LogP contribution in [0, 0.1) is 12.3 Å². The number of β-amino-alcohol motifs (C(OH)–C–C–N with tert-alkyl or cyclic N) is 1. The molecule has 0 bridgehead atoms. The molecule has 24 heteroatoms. The Kier molecular flexibility index (Phi) is 18.6. The van der Waals surface area contributed by atoms with E-state index in [1.807, 2.05) is 36.1 Å². The highest BCUT2D eigenvalue weighted by molar-refractivity contribution is 7.13. The molecule has 2 fully saturated rings. The topological polar surface area (TPSA) is 254 Å². The van der Waals surface area contributed by atoms with Gasteiger partial charge in [0.1, 0.15) is 18.7 Å². The average Bonchev–Trinajstić information content (AvgIpc) is 4.43. The normalized spacial score (nSPS) is 18.0. The average molecular weight is 1130 g/mol. The molecule has 6 N–H and O–H groups in total. The van der Waals surface area contributed by atoms with E-state index < -0.39 is 36.0 Å². The standard InChI is InChI=1S/C56H72F2N12O9S/c1-34-50(80-33-63-34)36-9-7-35(8-10-36)27-62-54(75)46-23-40(71)30-69(46)49(73)26-56(2,3)25-47(52(59)74)79-21-20-78-19-14-61-48(72)32-67-29-38(28-64-67)41-22-37-6-5-15-68(45(37)24-42(41)51(57)58)53-43-31-66(55(76)60-4)16-11-44(43)70(65-53)39-12-17-77-18-13-39/h7-10,22,24,28-29,33,39-40,46-47,51,71H,5-6,11-21,23,25-27,30-32H2,1-4H3,(H2,59,74)(H,60,76)(H,61,72)(H,62,75)/t40-,46?,47?/m1/s1. The molecule has 7 heterocycles. The van der Waals surface area contributed by atoms with Crippen LogP contribution in [0.15, 0.2) is 54.3 Å². The lowest BCUT2D eigenvalue weighted by atomic mass is 9.82. The summed E-state index contributed by atoms with van der Waals surface area (Å²) in [6.45, 7) is 8.70. The van der Waals surface area contributed by atoms with Gasteiger partial charge in [-0.15, -0.1) is 11.3 Å². The van der Waals surface area contributed by atoms with Gasteiger partial charge in [-0.3, -0.25) is 28.5 Å². The molecule has 0 aliphatic carbocycles. The Hall–Kier alpha value is -6.86. The SMILES string of the molecule is CNC(=O)N1CCc2c(c(N3CCCc4cc(-c5cnn(CC(=O)NCCOCCOC(CC(C)(C)CC(=O)N6C[C@H](O)CC6C(=O)NCc6ccc(-c7scnc7C)cc6)C(N)=O)c5)c(C(F)F)cc43)nn2C2CCOCC2)C1. The van der Waals surface area contributed by atoms with Crippen molar-refractivity contribution in [3.05, 3.63) is 87.9 Å². The Balaban J connectivity index is 0.726. The summed E-state index contributed by atoms with van der Waals surface area (Å²) in [5.74, 6) is -1.12. The van der Waals surface area contributed by atoms with E-state index in [-0.39, 0.29) is 101 Å². The van der Waals surface area contributed by atoms with Crippen molar-refractivity contribution in [3.63, 3.8) is 0 Å². The summed E-state index contributed by atoms with van der Waals surface area (Å²) in [5.41, 5.74) is 13.7. The third-order valence-corrected chi connectivity index (χ3v) is 16.3. The number of fused-ring (bicyclic) bond motifs is 2. The number of halogens is 2. The summed E-state index contributed by atoms with van der Waals surface area (Å²) in [6, 6.07) is 10.3. The monoisotopic (exact) mass is 1130 g/mol. The number of thiazole rings is 1. The van der Waals surface area contributed by atoms with E-state index in [2.05, 4.69) is 30.7 Å². The quantitative estimate of drug-likeness (QED) is 0.0550. The number of aliphatic hydroxyl groups excluding tert-OH is 1. The Bertz CT molecular complexity index is 3010. The number of nitrogens with two attached hydrogens (primary N) is 1. The minimum absolute atomic E-state index is 0.00199. The lowest BCUT2D eigenvalue weighted by Gasteiger charge is -2.33. The van der Waals surface area contributed by atoms with Gasteiger partial charge in [0.2, 0.25) is 23.6 Å². The maximum Gasteiger partial charge on any atom is 0.317 e. The first-order valence-electron chi connectivity index (χ1n) is 27.4. The summed E-state index contributed by atoms with van der Waals surface area (Å²) in [7, 11) is 1.60. The van der Waals surface area contributed by atoms with Crippen molar-refractivity contribution in [2.24, 2.45) is 11.1 Å². The predicted molar refractivity (Wildman–Crippen MR) is 294 cm³/mol. The number of primary amides is 1. The first-order chi connectivity index (χ1) is 38.5. The molecule has 3 atom stereocenters. The number of carbonyl (C=O) groups excluding carboxylic acids is 5. The van der Waals surface area contributed by atoms with E-state index >= 15 is 8.78 Å². The highest BCUT2D eigenvalue weighted by Gasteiger charge is 2.41. The van der Waals surface area contributed by atoms with Gasteiger partial charge in [0.25, 0.3) is 6.43 Å². The number of benzene rings is 2. The maximum atomic E-state index is 15.1. The summed E-state index contributed by atoms with van der Waals surface area (Å²) >= 11 is 1.56. The van der Waals surface area contributed by atoms with Gasteiger partial charge in [0.05, 0.1) is 60.8 Å². The van der Waals surface area contributed by atoms with Crippen molar-refractivity contribution in [1.82, 2.24) is 50.3 Å². The van der Waals surface area contributed by atoms with Crippen LogP contribution in [0.1, 0.15) is 98.5 Å². The number of hydrogen-bond donors (Lipinski definition) is 5. The van der Waals surface area contributed by atoms with Crippen molar-refractivity contribution >= 4 is 52.5 Å². The van der Waals surface area contributed by atoms with Crippen LogP contribution in [0.4, 0.5) is 25.1 Å². The van der Waals surface area contributed by atoms with Gasteiger partial charge in [0, 0.05) is 107 Å². The summed E-state index contributed by atoms with van der Waals surface area (Å²) in [4.78, 5) is 75.9. The van der Waals surface area contributed by atoms with Gasteiger partial charge in [-0.05, 0) is 78.8 Å². The van der Waals surface area contributed by atoms with Gasteiger partial charge in [-0.25, -0.2) is 18.6 Å². The number of nitrogens with zero attached hydrogens (tertiary/aromatic N) is 8. The maximum absolute atomic E-state index is 15.1. The molecule has 2 saturated heterocycles. The Morgan fingerprint density at radius 3 is 2.52 bits per heavy atom. The zero-order valence-corrected chi connectivity index (χ0v) is 46.6. The van der Waals surface area contributed by atoms with E-state index in [4.69, 9.17) is 25.0 Å². The molecule has 4 aliphatic rings. The molecule has 2 unspecified atom stereocenters. The van der Waals surface area contributed by atoms with Crippen LogP contribution < -0.4 is 26.6 Å². The number of anilines is 2. The third kappa shape index (κ3) is 13.6. The zero-order valence-electron chi connectivity index (χ0n) is 45.8. The Labute approximate surface area is 467 Å². The molecule has 0 spiro atoms. The van der Waals surface area contributed by atoms with Gasteiger partial charge in [-0.2, -0.15) is 10.2 Å². The van der Waals surface area contributed by atoms with Crippen molar-refractivity contribution in [2.75, 3.05) is 71.2 Å². The number of carbonyl (C=O) groups is 5. The van der Waals surface area contributed by atoms with E-state index in [9.17, 15) is 29.1 Å². The first kappa shape index (κ1) is 57.8. The van der Waals surface area contributed by atoms with Crippen molar-refractivity contribution in [1.29, 1.82) is 0 Å². The molecule has 0 radical (unpaired) electrons. The molecule has 0 saturated carbocycles. The molecular weight excluding hydrogens is 1050 g/mol. The molecule has 9 rings (SSSR count). The number of nitrogens with one attached hydrogen (secondary N) is 3. The van der Waals surface area contributed by atoms with Gasteiger partial charge in [-0.1, -0.05) is 38.1 Å². The predicted octanol–water partition coefficient (Wildman–Crippen LogP) is 5.34. The van der Waals surface area contributed by atoms with Crippen LogP contribution in [0.5, 0.6) is 0 Å². The summed E-state index contributed by atoms with van der Waals surface area (Å²) in [5, 5.41) is 28.5. The molecule has 5 aromatic rings. The number of aryl methyl sites for hydroxylation is 2. The number of aromatic nitrogens is 5. The third-order valence-electron chi connectivity index (χ3n) is 15.3. The number of alkyl halides is 2. The molecule has 6 amide bonds. The summed E-state index contributed by atoms with van der Waals surface area (Å²) < 4.78 is 50.8. The lowest BCUT2D eigenvalue weighted by Crippen LogP contribution is -2.47. The smallest absolute Gasteiger partial charge is 0.317 e. The van der Waals surface area contributed by atoms with Crippen LogP contribution in [-0.4, -0.2) is 154 Å². The lowest BCUT2D eigenvalue weighted by molar-refractivity contribution is -0.141. The van der Waals surface area contributed by atoms with E-state index in [1.165, 1.54) is 15.8 Å². The van der Waals surface area contributed by atoms with Crippen LogP contribution in [0.3, 0.4) is 0 Å². The molecule has 2 aromatic carbocycles. The number of hydrogen-bond acceptors (Lipinski definition) is 14. The van der Waals surface area contributed by atoms with Gasteiger partial charge >= 0.3 is 6.03 Å². The number of ether oxygens (including phenoxy) is 3. The van der Waals surface area contributed by atoms with Crippen LogP contribution >= 0.6 is 11.3 Å². The molecular formula is C56H72F2N12O9S. The molecule has 430 valence electrons. The number of aliphatic hydroxyl groups is 1. The van der Waals surface area contributed by atoms with Crippen molar-refractivity contribution in [3.8, 4) is 21.6 Å². The van der Waals surface area contributed by atoms with E-state index in [0.29, 0.717) is 68.3 Å². The Morgan fingerprint density at radius 1 is 1.01 bits per heavy atom. The minimum Gasteiger partial charge on any atom is -0.391 e. The second-order valence-electron chi connectivity index (χ2n) is 21.7. The zero-order chi connectivity index (χ0) is 56.7. The fourth-order valence-electron chi connectivity index (χ4n) is 11.2. The van der Waals surface area contributed by atoms with E-state index in [1.54, 1.807) is 61.0 Å². The first-order valence-corrected chi connectivity index (χ1v) is 28.2. The largest absolute Gasteiger partial charge is 0.391 e. The van der Waals surface area contributed by atoms with Gasteiger partial charge < -0.3 is 55.7 Å². The molecule has 4 aliphatic heterocycles. The molecule has 3 aromatic heterocycles. The van der Waals surface area contributed by atoms with Crippen LogP contribution in [-0.2, 0) is 65.9 Å². The number of urea groups is 1. The van der Waals surface area contributed by atoms with Gasteiger partial charge in [0.15, 0.2) is 5.82 Å². The fraction of sp³-hybridized carbons (Fsp3) is 0.536. The number of rotatable bonds is 22. The highest BCUT2D eigenvalue weighted by atomic mass is 32.1. The van der Waals surface area contributed by atoms with Crippen molar-refractivity contribution in [2.45, 2.75) is 122 Å². The van der Waals surface area contributed by atoms with Crippen LogP contribution in [0.2, 0.25) is 0 Å². The Morgan fingerprint density at radius 2 is 1.80 bits per heavy atom.